The molecule has 0 saturated carbocycles. The van der Waals surface area contributed by atoms with Gasteiger partial charge in [-0.3, -0.25) is 4.79 Å². The molecule has 0 bridgehead atoms. The number of ether oxygens (including phenoxy) is 1. The first-order chi connectivity index (χ1) is 5.95. The summed E-state index contributed by atoms with van der Waals surface area (Å²) in [7, 11) is 0. The number of carbonyl (C=O) groups is 1. The van der Waals surface area contributed by atoms with Gasteiger partial charge in [-0.05, 0) is 18.3 Å². The molecule has 0 aromatic carbocycles. The van der Waals surface area contributed by atoms with Crippen LogP contribution in [0.15, 0.2) is 0 Å². The molecule has 0 heterocycles. The third-order valence-corrected chi connectivity index (χ3v) is 2.62. The van der Waals surface area contributed by atoms with E-state index < -0.39 is 0 Å². The second-order valence-corrected chi connectivity index (χ2v) is 4.60. The number of esters is 1. The maximum atomic E-state index is 11.3. The summed E-state index contributed by atoms with van der Waals surface area (Å²) in [5, 5.41) is -0.285. The zero-order chi connectivity index (χ0) is 10.4. The van der Waals surface area contributed by atoms with Crippen LogP contribution in [-0.2, 0) is 9.53 Å². The van der Waals surface area contributed by atoms with Crippen molar-refractivity contribution in [2.45, 2.75) is 39.4 Å². The third-order valence-electron chi connectivity index (χ3n) is 1.81. The van der Waals surface area contributed by atoms with E-state index in [1.54, 1.807) is 0 Å². The molecule has 0 aromatic heterocycles. The Morgan fingerprint density at radius 3 is 2.23 bits per heavy atom. The highest BCUT2D eigenvalue weighted by atomic mass is 32.1. The van der Waals surface area contributed by atoms with Gasteiger partial charge in [-0.25, -0.2) is 0 Å². The van der Waals surface area contributed by atoms with E-state index in [1.165, 1.54) is 0 Å². The lowest BCUT2D eigenvalue weighted by atomic mass is 10.1. The largest absolute Gasteiger partial charge is 0.465 e. The number of thiol groups is 1. The van der Waals surface area contributed by atoms with Gasteiger partial charge >= 0.3 is 5.97 Å². The van der Waals surface area contributed by atoms with Gasteiger partial charge in [0.2, 0.25) is 0 Å². The summed E-state index contributed by atoms with van der Waals surface area (Å²) in [5.41, 5.74) is 0. The average Bonchev–Trinajstić information content (AvgIpc) is 2.02. The van der Waals surface area contributed by atoms with Crippen LogP contribution in [-0.4, -0.2) is 17.8 Å². The first kappa shape index (κ1) is 12.8. The van der Waals surface area contributed by atoms with Gasteiger partial charge in [0.05, 0.1) is 6.61 Å². The van der Waals surface area contributed by atoms with Gasteiger partial charge in [0.15, 0.2) is 0 Å². The molecule has 78 valence electrons. The van der Waals surface area contributed by atoms with E-state index in [9.17, 15) is 4.79 Å². The minimum Gasteiger partial charge on any atom is -0.465 e. The van der Waals surface area contributed by atoms with E-state index in [2.05, 4.69) is 26.5 Å². The normalized spacial score (nSPS) is 13.5. The highest BCUT2D eigenvalue weighted by Gasteiger charge is 2.18. The van der Waals surface area contributed by atoms with Crippen LogP contribution in [0.2, 0.25) is 0 Å². The molecular formula is C10H20O2S. The number of hydrogen-bond acceptors (Lipinski definition) is 3. The van der Waals surface area contributed by atoms with Crippen LogP contribution in [0.25, 0.3) is 0 Å². The fourth-order valence-electron chi connectivity index (χ4n) is 0.753. The van der Waals surface area contributed by atoms with E-state index in [-0.39, 0.29) is 17.1 Å². The smallest absolute Gasteiger partial charge is 0.319 e. The van der Waals surface area contributed by atoms with Crippen molar-refractivity contribution in [3.63, 3.8) is 0 Å². The summed E-state index contributed by atoms with van der Waals surface area (Å²) >= 11 is 4.17. The summed E-state index contributed by atoms with van der Waals surface area (Å²) in [6.07, 6.45) is 0.921. The summed E-state index contributed by atoms with van der Waals surface area (Å²) < 4.78 is 5.06. The molecule has 0 amide bonds. The first-order valence-electron chi connectivity index (χ1n) is 4.79. The third kappa shape index (κ3) is 5.97. The monoisotopic (exact) mass is 204 g/mol. The summed E-state index contributed by atoms with van der Waals surface area (Å²) in [6.45, 7) is 8.64. The average molecular weight is 204 g/mol. The van der Waals surface area contributed by atoms with Crippen molar-refractivity contribution in [3.8, 4) is 0 Å². The predicted octanol–water partition coefficient (Wildman–Crippen LogP) is 2.53. The maximum absolute atomic E-state index is 11.3. The lowest BCUT2D eigenvalue weighted by Gasteiger charge is -2.14. The molecule has 0 spiro atoms. The van der Waals surface area contributed by atoms with Crippen molar-refractivity contribution in [1.82, 2.24) is 0 Å². The number of carbonyl (C=O) groups excluding carboxylic acids is 1. The Morgan fingerprint density at radius 2 is 1.85 bits per heavy atom. The quantitative estimate of drug-likeness (QED) is 0.550. The zero-order valence-electron chi connectivity index (χ0n) is 8.91. The van der Waals surface area contributed by atoms with E-state index in [4.69, 9.17) is 4.74 Å². The molecular weight excluding hydrogens is 184 g/mol. The van der Waals surface area contributed by atoms with Crippen molar-refractivity contribution in [2.75, 3.05) is 6.61 Å². The maximum Gasteiger partial charge on any atom is 0.319 e. The molecule has 1 unspecified atom stereocenters. The topological polar surface area (TPSA) is 26.3 Å². The van der Waals surface area contributed by atoms with Gasteiger partial charge in [-0.1, -0.05) is 27.7 Å². The molecule has 0 fully saturated rings. The fourth-order valence-corrected chi connectivity index (χ4v) is 0.827. The van der Waals surface area contributed by atoms with Crippen molar-refractivity contribution < 1.29 is 9.53 Å². The SMILES string of the molecule is CC(C)CCOC(=O)C(S)C(C)C. The Labute approximate surface area is 86.5 Å². The molecule has 1 atom stereocenters. The first-order valence-corrected chi connectivity index (χ1v) is 5.31. The molecule has 0 aliphatic heterocycles. The van der Waals surface area contributed by atoms with E-state index in [0.29, 0.717) is 12.5 Å². The predicted molar refractivity (Wildman–Crippen MR) is 58.0 cm³/mol. The summed E-state index contributed by atoms with van der Waals surface area (Å²) in [5.74, 6) is 0.610. The zero-order valence-corrected chi connectivity index (χ0v) is 9.80. The molecule has 2 nitrogen and oxygen atoms in total. The van der Waals surface area contributed by atoms with Crippen LogP contribution in [0.1, 0.15) is 34.1 Å². The van der Waals surface area contributed by atoms with Crippen LogP contribution < -0.4 is 0 Å². The Kier molecular flexibility index (Phi) is 6.21. The second-order valence-electron chi connectivity index (χ2n) is 4.04. The van der Waals surface area contributed by atoms with Gasteiger partial charge in [-0.15, -0.1) is 0 Å². The minimum atomic E-state index is -0.285. The Bertz CT molecular complexity index is 155. The highest BCUT2D eigenvalue weighted by Crippen LogP contribution is 2.11. The van der Waals surface area contributed by atoms with Crippen LogP contribution in [0, 0.1) is 11.8 Å². The van der Waals surface area contributed by atoms with Crippen molar-refractivity contribution >= 4 is 18.6 Å². The van der Waals surface area contributed by atoms with Crippen LogP contribution >= 0.6 is 12.6 Å². The van der Waals surface area contributed by atoms with Crippen LogP contribution in [0.4, 0.5) is 0 Å². The lowest BCUT2D eigenvalue weighted by molar-refractivity contribution is -0.144. The number of hydrogen-bond donors (Lipinski definition) is 1. The Morgan fingerprint density at radius 1 is 1.31 bits per heavy atom. The molecule has 0 aliphatic carbocycles. The fraction of sp³-hybridized carbons (Fsp3) is 0.900. The van der Waals surface area contributed by atoms with Gasteiger partial charge in [0.1, 0.15) is 5.25 Å². The van der Waals surface area contributed by atoms with Gasteiger partial charge in [-0.2, -0.15) is 12.6 Å². The molecule has 0 rings (SSSR count). The standard InChI is InChI=1S/C10H20O2S/c1-7(2)5-6-12-10(11)9(13)8(3)4/h7-9,13H,5-6H2,1-4H3. The van der Waals surface area contributed by atoms with Gasteiger partial charge in [0, 0.05) is 0 Å². The molecule has 0 saturated heterocycles. The molecule has 0 radical (unpaired) electrons. The van der Waals surface area contributed by atoms with Crippen LogP contribution in [0.5, 0.6) is 0 Å². The van der Waals surface area contributed by atoms with Gasteiger partial charge < -0.3 is 4.74 Å². The Hall–Kier alpha value is -0.180. The molecule has 3 heteroatoms. The van der Waals surface area contributed by atoms with Crippen molar-refractivity contribution in [3.05, 3.63) is 0 Å². The highest BCUT2D eigenvalue weighted by molar-refractivity contribution is 7.81. The van der Waals surface area contributed by atoms with Crippen molar-refractivity contribution in [2.24, 2.45) is 11.8 Å². The van der Waals surface area contributed by atoms with Gasteiger partial charge in [0.25, 0.3) is 0 Å². The molecule has 0 aliphatic rings. The van der Waals surface area contributed by atoms with E-state index >= 15 is 0 Å². The summed E-state index contributed by atoms with van der Waals surface area (Å²) in [4.78, 5) is 11.3. The Balaban J connectivity index is 3.62. The lowest BCUT2D eigenvalue weighted by Crippen LogP contribution is -2.23. The molecule has 13 heavy (non-hydrogen) atoms. The van der Waals surface area contributed by atoms with Crippen molar-refractivity contribution in [1.29, 1.82) is 0 Å². The van der Waals surface area contributed by atoms with Crippen LogP contribution in [0.3, 0.4) is 0 Å². The van der Waals surface area contributed by atoms with E-state index in [0.717, 1.165) is 6.42 Å². The minimum absolute atomic E-state index is 0.195. The van der Waals surface area contributed by atoms with E-state index in [1.807, 2.05) is 13.8 Å². The summed E-state index contributed by atoms with van der Waals surface area (Å²) in [6, 6.07) is 0. The second kappa shape index (κ2) is 6.30. The molecule has 0 N–H and O–H groups in total. The number of rotatable bonds is 5. The molecule has 0 aromatic rings.